The molecule has 1 unspecified atom stereocenters. The van der Waals surface area contributed by atoms with Crippen LogP contribution in [0.5, 0.6) is 5.75 Å². The molecule has 0 spiro atoms. The topological polar surface area (TPSA) is 77.5 Å². The molecular formula is C30H30N2O4S. The van der Waals surface area contributed by atoms with Crippen LogP contribution in [0.3, 0.4) is 0 Å². The van der Waals surface area contributed by atoms with Crippen molar-refractivity contribution in [1.29, 1.82) is 0 Å². The molecule has 2 heterocycles. The van der Waals surface area contributed by atoms with Gasteiger partial charge in [0.15, 0.2) is 0 Å². The number of amides is 1. The highest BCUT2D eigenvalue weighted by molar-refractivity contribution is 7.17. The van der Waals surface area contributed by atoms with Gasteiger partial charge in [0.1, 0.15) is 10.8 Å². The summed E-state index contributed by atoms with van der Waals surface area (Å²) in [6, 6.07) is 17.2. The third-order valence-corrected chi connectivity index (χ3v) is 7.88. The van der Waals surface area contributed by atoms with E-state index >= 15 is 0 Å². The summed E-state index contributed by atoms with van der Waals surface area (Å²) in [6.45, 7) is 4.95. The van der Waals surface area contributed by atoms with E-state index in [0.717, 1.165) is 58.3 Å². The first-order valence-electron chi connectivity index (χ1n) is 12.7. The van der Waals surface area contributed by atoms with Crippen LogP contribution >= 0.6 is 11.3 Å². The largest absolute Gasteiger partial charge is 0.494 e. The zero-order chi connectivity index (χ0) is 25.9. The lowest BCUT2D eigenvalue weighted by Crippen LogP contribution is -2.16. The number of aromatic nitrogens is 1. The van der Waals surface area contributed by atoms with Crippen LogP contribution in [-0.4, -0.2) is 30.6 Å². The number of hydrogen-bond acceptors (Lipinski definition) is 6. The van der Waals surface area contributed by atoms with Crippen LogP contribution in [0, 0.1) is 5.92 Å². The van der Waals surface area contributed by atoms with Crippen molar-refractivity contribution in [3.8, 4) is 17.0 Å². The zero-order valence-corrected chi connectivity index (χ0v) is 22.1. The molecule has 2 aromatic carbocycles. The number of rotatable bonds is 7. The molecule has 1 N–H and O–H groups in total. The first-order valence-corrected chi connectivity index (χ1v) is 13.5. The molecule has 7 heteroatoms. The minimum atomic E-state index is -0.409. The Morgan fingerprint density at radius 3 is 2.68 bits per heavy atom. The maximum absolute atomic E-state index is 13.7. The van der Waals surface area contributed by atoms with E-state index in [-0.39, 0.29) is 5.91 Å². The number of thiophene rings is 1. The lowest BCUT2D eigenvalue weighted by Gasteiger charge is -2.18. The summed E-state index contributed by atoms with van der Waals surface area (Å²) in [5.74, 6) is 0.661. The number of methoxy groups -OCH3 is 1. The summed E-state index contributed by atoms with van der Waals surface area (Å²) in [5.41, 5.74) is 4.31. The van der Waals surface area contributed by atoms with Crippen LogP contribution < -0.4 is 10.1 Å². The van der Waals surface area contributed by atoms with Crippen LogP contribution in [-0.2, 0) is 17.6 Å². The first kappa shape index (κ1) is 25.0. The average molecular weight is 515 g/mol. The molecule has 1 atom stereocenters. The van der Waals surface area contributed by atoms with Gasteiger partial charge in [-0.05, 0) is 73.6 Å². The fourth-order valence-corrected chi connectivity index (χ4v) is 6.17. The average Bonchev–Trinajstić information content (AvgIpc) is 3.27. The Hall–Kier alpha value is -3.71. The number of para-hydroxylation sites is 1. The van der Waals surface area contributed by atoms with Crippen LogP contribution in [0.15, 0.2) is 54.6 Å². The predicted octanol–water partition coefficient (Wildman–Crippen LogP) is 6.92. The summed E-state index contributed by atoms with van der Waals surface area (Å²) in [7, 11) is 1.38. The molecule has 0 saturated heterocycles. The zero-order valence-electron chi connectivity index (χ0n) is 21.3. The quantitative estimate of drug-likeness (QED) is 0.271. The van der Waals surface area contributed by atoms with Crippen LogP contribution in [0.2, 0.25) is 0 Å². The highest BCUT2D eigenvalue weighted by atomic mass is 32.1. The second kappa shape index (κ2) is 10.7. The summed E-state index contributed by atoms with van der Waals surface area (Å²) >= 11 is 1.48. The maximum Gasteiger partial charge on any atom is 0.341 e. The number of pyridine rings is 1. The Morgan fingerprint density at radius 2 is 1.92 bits per heavy atom. The van der Waals surface area contributed by atoms with E-state index in [1.165, 1.54) is 18.4 Å². The van der Waals surface area contributed by atoms with Gasteiger partial charge in [-0.3, -0.25) is 4.79 Å². The van der Waals surface area contributed by atoms with E-state index in [4.69, 9.17) is 14.5 Å². The fourth-order valence-electron chi connectivity index (χ4n) is 4.78. The van der Waals surface area contributed by atoms with Gasteiger partial charge in [0.2, 0.25) is 0 Å². The molecule has 5 rings (SSSR count). The van der Waals surface area contributed by atoms with Crippen molar-refractivity contribution in [3.05, 3.63) is 76.2 Å². The van der Waals surface area contributed by atoms with Crippen molar-refractivity contribution in [2.45, 2.75) is 39.5 Å². The number of ether oxygens (including phenoxy) is 2. The smallest absolute Gasteiger partial charge is 0.341 e. The second-order valence-corrected chi connectivity index (χ2v) is 10.6. The molecule has 1 aliphatic carbocycles. The number of benzene rings is 2. The highest BCUT2D eigenvalue weighted by Gasteiger charge is 2.29. The third kappa shape index (κ3) is 5.09. The Balaban J connectivity index is 1.52. The van der Waals surface area contributed by atoms with Gasteiger partial charge in [0.05, 0.1) is 36.1 Å². The Bertz CT molecular complexity index is 1460. The monoisotopic (exact) mass is 514 g/mol. The van der Waals surface area contributed by atoms with E-state index < -0.39 is 5.97 Å². The standard InChI is InChI=1S/C30H30N2O4S/c1-4-15-36-20-12-10-19(11-13-20)25-17-23(21-7-5-6-8-24(21)31-25)28(33)32-29-27(30(34)35-3)22-14-9-18(2)16-26(22)37-29/h5-8,10-13,17-18H,4,9,14-16H2,1-3H3,(H,32,33). The lowest BCUT2D eigenvalue weighted by atomic mass is 9.88. The molecule has 0 bridgehead atoms. The molecule has 6 nitrogen and oxygen atoms in total. The van der Waals surface area contributed by atoms with E-state index in [1.807, 2.05) is 54.6 Å². The van der Waals surface area contributed by atoms with Gasteiger partial charge in [-0.25, -0.2) is 9.78 Å². The summed E-state index contributed by atoms with van der Waals surface area (Å²) in [6.07, 6.45) is 3.67. The van der Waals surface area contributed by atoms with E-state index in [9.17, 15) is 9.59 Å². The normalized spacial score (nSPS) is 14.7. The molecule has 0 fully saturated rings. The predicted molar refractivity (Wildman–Crippen MR) is 148 cm³/mol. The van der Waals surface area contributed by atoms with Gasteiger partial charge in [0.25, 0.3) is 5.91 Å². The minimum absolute atomic E-state index is 0.278. The number of nitrogens with one attached hydrogen (secondary N) is 1. The highest BCUT2D eigenvalue weighted by Crippen LogP contribution is 2.40. The van der Waals surface area contributed by atoms with E-state index in [1.54, 1.807) is 0 Å². The molecule has 190 valence electrons. The van der Waals surface area contributed by atoms with E-state index in [2.05, 4.69) is 19.2 Å². The number of fused-ring (bicyclic) bond motifs is 2. The van der Waals surface area contributed by atoms with Crippen molar-refractivity contribution < 1.29 is 19.1 Å². The molecule has 2 aromatic heterocycles. The molecule has 4 aromatic rings. The summed E-state index contributed by atoms with van der Waals surface area (Å²) < 4.78 is 10.8. The number of carbonyl (C=O) groups excluding carboxylic acids is 2. The van der Waals surface area contributed by atoms with Crippen LogP contribution in [0.4, 0.5) is 5.00 Å². The summed E-state index contributed by atoms with van der Waals surface area (Å²) in [5, 5.41) is 4.35. The molecule has 1 aliphatic rings. The molecule has 0 aliphatic heterocycles. The molecule has 0 saturated carbocycles. The Labute approximate surface area is 220 Å². The van der Waals surface area contributed by atoms with Gasteiger partial charge in [-0.2, -0.15) is 0 Å². The third-order valence-electron chi connectivity index (χ3n) is 6.71. The van der Waals surface area contributed by atoms with Crippen molar-refractivity contribution in [3.63, 3.8) is 0 Å². The molecule has 37 heavy (non-hydrogen) atoms. The first-order chi connectivity index (χ1) is 18.0. The number of nitrogens with zero attached hydrogens (tertiary/aromatic N) is 1. The van der Waals surface area contributed by atoms with E-state index in [0.29, 0.717) is 34.3 Å². The fraction of sp³-hybridized carbons (Fsp3) is 0.300. The summed E-state index contributed by atoms with van der Waals surface area (Å²) in [4.78, 5) is 32.4. The van der Waals surface area contributed by atoms with Gasteiger partial charge in [-0.1, -0.05) is 32.0 Å². The van der Waals surface area contributed by atoms with Gasteiger partial charge >= 0.3 is 5.97 Å². The van der Waals surface area contributed by atoms with Gasteiger partial charge in [0, 0.05) is 15.8 Å². The van der Waals surface area contributed by atoms with Crippen molar-refractivity contribution >= 4 is 39.1 Å². The minimum Gasteiger partial charge on any atom is -0.494 e. The number of carbonyl (C=O) groups is 2. The lowest BCUT2D eigenvalue weighted by molar-refractivity contribution is 0.0601. The maximum atomic E-state index is 13.7. The Morgan fingerprint density at radius 1 is 1.14 bits per heavy atom. The van der Waals surface area contributed by atoms with Gasteiger partial charge < -0.3 is 14.8 Å². The molecular weight excluding hydrogens is 484 g/mol. The number of esters is 1. The van der Waals surface area contributed by atoms with Crippen molar-refractivity contribution in [2.75, 3.05) is 19.0 Å². The van der Waals surface area contributed by atoms with Gasteiger partial charge in [-0.15, -0.1) is 11.3 Å². The SMILES string of the molecule is CCCOc1ccc(-c2cc(C(=O)Nc3sc4c(c3C(=O)OC)CCC(C)C4)c3ccccc3n2)cc1. The number of anilines is 1. The van der Waals surface area contributed by atoms with Crippen molar-refractivity contribution in [1.82, 2.24) is 4.98 Å². The Kier molecular flexibility index (Phi) is 7.24. The van der Waals surface area contributed by atoms with Crippen LogP contribution in [0.1, 0.15) is 57.8 Å². The molecule has 1 amide bonds. The number of hydrogen-bond donors (Lipinski definition) is 1. The second-order valence-electron chi connectivity index (χ2n) is 9.45. The van der Waals surface area contributed by atoms with Crippen LogP contribution in [0.25, 0.3) is 22.2 Å². The van der Waals surface area contributed by atoms with Crippen molar-refractivity contribution in [2.24, 2.45) is 5.92 Å². The molecule has 0 radical (unpaired) electrons.